The molecule has 0 aliphatic carbocycles. The molecule has 0 saturated carbocycles. The molecular weight excluding hydrogens is 455 g/mol. The number of hydrogen-bond donors (Lipinski definition) is 1. The summed E-state index contributed by atoms with van der Waals surface area (Å²) < 4.78 is 52.3. The van der Waals surface area contributed by atoms with Gasteiger partial charge in [-0.1, -0.05) is 16.4 Å². The van der Waals surface area contributed by atoms with Crippen molar-refractivity contribution in [1.82, 2.24) is 24.9 Å². The summed E-state index contributed by atoms with van der Waals surface area (Å²) in [6.07, 6.45) is -1.66. The van der Waals surface area contributed by atoms with Crippen LogP contribution in [0.3, 0.4) is 0 Å². The zero-order valence-electron chi connectivity index (χ0n) is 18.6. The standard InChI is InChI=1S/C22H24F3N5O2S/c1-12-7-8-30(28-12)13-5-6-14(15(31)9-13)18-26-27-19(33-18)32-16-10-21(3)22(24,25)11-20(2,17(16)23)29(21)4/h5-9,16-17,31H,10-11H2,1-4H3. The van der Waals surface area contributed by atoms with Crippen LogP contribution < -0.4 is 4.74 Å². The number of ether oxygens (including phenoxy) is 1. The normalized spacial score (nSPS) is 31.1. The van der Waals surface area contributed by atoms with Crippen LogP contribution in [0.25, 0.3) is 16.3 Å². The lowest BCUT2D eigenvalue weighted by molar-refractivity contribution is -0.133. The van der Waals surface area contributed by atoms with E-state index in [1.165, 1.54) is 18.7 Å². The molecule has 4 atom stereocenters. The molecule has 3 aromatic rings. The topological polar surface area (TPSA) is 76.3 Å². The molecule has 2 saturated heterocycles. The predicted octanol–water partition coefficient (Wildman–Crippen LogP) is 4.38. The van der Waals surface area contributed by atoms with Gasteiger partial charge in [0.05, 0.1) is 28.0 Å². The molecule has 7 nitrogen and oxygen atoms in total. The van der Waals surface area contributed by atoms with Gasteiger partial charge in [-0.15, -0.1) is 5.10 Å². The number of hydrogen-bond acceptors (Lipinski definition) is 7. The van der Waals surface area contributed by atoms with Crippen LogP contribution in [0.1, 0.15) is 32.4 Å². The summed E-state index contributed by atoms with van der Waals surface area (Å²) in [5, 5.41) is 23.3. The van der Waals surface area contributed by atoms with Crippen molar-refractivity contribution in [3.63, 3.8) is 0 Å². The minimum absolute atomic E-state index is 0.0243. The van der Waals surface area contributed by atoms with Crippen molar-refractivity contribution in [2.45, 2.75) is 62.9 Å². The van der Waals surface area contributed by atoms with Crippen LogP contribution in [0.4, 0.5) is 13.2 Å². The van der Waals surface area contributed by atoms with E-state index in [0.29, 0.717) is 16.3 Å². The highest BCUT2D eigenvalue weighted by Gasteiger charge is 2.73. The summed E-state index contributed by atoms with van der Waals surface area (Å²) in [4.78, 5) is 1.46. The van der Waals surface area contributed by atoms with Crippen molar-refractivity contribution >= 4 is 11.3 Å². The number of aromatic hydroxyl groups is 1. The number of rotatable bonds is 4. The number of aryl methyl sites for hydroxylation is 1. The molecule has 2 aromatic heterocycles. The van der Waals surface area contributed by atoms with Crippen molar-refractivity contribution < 1.29 is 23.0 Å². The van der Waals surface area contributed by atoms with Crippen molar-refractivity contribution in [2.75, 3.05) is 7.05 Å². The molecule has 2 aliphatic rings. The Balaban J connectivity index is 1.38. The summed E-state index contributed by atoms with van der Waals surface area (Å²) in [6, 6.07) is 6.87. The highest BCUT2D eigenvalue weighted by molar-refractivity contribution is 7.16. The number of alkyl halides is 3. The molecule has 2 fully saturated rings. The fourth-order valence-corrected chi connectivity index (χ4v) is 5.81. The molecule has 0 amide bonds. The largest absolute Gasteiger partial charge is 0.507 e. The first-order valence-corrected chi connectivity index (χ1v) is 11.4. The van der Waals surface area contributed by atoms with E-state index >= 15 is 4.39 Å². The third-order valence-corrected chi connectivity index (χ3v) is 8.10. The van der Waals surface area contributed by atoms with Crippen LogP contribution in [-0.4, -0.2) is 66.3 Å². The smallest absolute Gasteiger partial charge is 0.294 e. The quantitative estimate of drug-likeness (QED) is 0.599. The Morgan fingerprint density at radius 3 is 2.64 bits per heavy atom. The molecule has 4 unspecified atom stereocenters. The molecule has 0 radical (unpaired) electrons. The highest BCUT2D eigenvalue weighted by atomic mass is 32.1. The number of nitrogens with zero attached hydrogens (tertiary/aromatic N) is 5. The summed E-state index contributed by atoms with van der Waals surface area (Å²) >= 11 is 1.03. The van der Waals surface area contributed by atoms with Crippen LogP contribution in [0.5, 0.6) is 10.9 Å². The van der Waals surface area contributed by atoms with Crippen LogP contribution in [0.2, 0.25) is 0 Å². The van der Waals surface area contributed by atoms with E-state index in [0.717, 1.165) is 17.0 Å². The van der Waals surface area contributed by atoms with E-state index in [2.05, 4.69) is 15.3 Å². The Bertz CT molecular complexity index is 1220. The molecule has 1 aromatic carbocycles. The average molecular weight is 480 g/mol. The minimum atomic E-state index is -3.04. The molecule has 2 aliphatic heterocycles. The van der Waals surface area contributed by atoms with Crippen LogP contribution in [-0.2, 0) is 0 Å². The van der Waals surface area contributed by atoms with Crippen molar-refractivity contribution in [3.05, 3.63) is 36.2 Å². The molecule has 5 rings (SSSR count). The molecule has 176 valence electrons. The Kier molecular flexibility index (Phi) is 4.81. The summed E-state index contributed by atoms with van der Waals surface area (Å²) in [5.41, 5.74) is -0.899. The maximum Gasteiger partial charge on any atom is 0.294 e. The number of phenolic OH excluding ortho intramolecular Hbond substituents is 1. The fourth-order valence-electron chi connectivity index (χ4n) is 5.03. The van der Waals surface area contributed by atoms with Gasteiger partial charge in [-0.25, -0.2) is 17.9 Å². The van der Waals surface area contributed by atoms with Gasteiger partial charge in [-0.3, -0.25) is 4.90 Å². The summed E-state index contributed by atoms with van der Waals surface area (Å²) in [6.45, 7) is 4.83. The Morgan fingerprint density at radius 1 is 1.21 bits per heavy atom. The summed E-state index contributed by atoms with van der Waals surface area (Å²) in [7, 11) is 1.55. The van der Waals surface area contributed by atoms with Crippen LogP contribution >= 0.6 is 11.3 Å². The molecule has 4 heterocycles. The number of phenols is 1. The minimum Gasteiger partial charge on any atom is -0.507 e. The van der Waals surface area contributed by atoms with Gasteiger partial charge in [0.15, 0.2) is 11.2 Å². The van der Waals surface area contributed by atoms with Gasteiger partial charge in [0.25, 0.3) is 11.1 Å². The second-order valence-corrected chi connectivity index (χ2v) is 10.2. The van der Waals surface area contributed by atoms with Gasteiger partial charge >= 0.3 is 0 Å². The number of fused-ring (bicyclic) bond motifs is 2. The number of halogens is 3. The fraction of sp³-hybridized carbons (Fsp3) is 0.500. The van der Waals surface area contributed by atoms with Crippen LogP contribution in [0, 0.1) is 6.92 Å². The van der Waals surface area contributed by atoms with E-state index < -0.39 is 35.7 Å². The Morgan fingerprint density at radius 2 is 1.97 bits per heavy atom. The van der Waals surface area contributed by atoms with Gasteiger partial charge in [0.2, 0.25) is 0 Å². The predicted molar refractivity (Wildman–Crippen MR) is 117 cm³/mol. The van der Waals surface area contributed by atoms with E-state index in [-0.39, 0.29) is 17.4 Å². The lowest BCUT2D eigenvalue weighted by Crippen LogP contribution is -2.65. The van der Waals surface area contributed by atoms with Crippen molar-refractivity contribution in [2.24, 2.45) is 0 Å². The van der Waals surface area contributed by atoms with Crippen molar-refractivity contribution in [1.29, 1.82) is 0 Å². The van der Waals surface area contributed by atoms with Crippen LogP contribution in [0.15, 0.2) is 30.5 Å². The van der Waals surface area contributed by atoms with Gasteiger partial charge in [0, 0.05) is 25.1 Å². The first-order valence-electron chi connectivity index (χ1n) is 10.6. The first kappa shape index (κ1) is 22.1. The second kappa shape index (κ2) is 7.17. The monoisotopic (exact) mass is 479 g/mol. The Hall–Kier alpha value is -2.66. The van der Waals surface area contributed by atoms with E-state index in [1.807, 2.05) is 13.0 Å². The number of aromatic nitrogens is 4. The molecular formula is C22H24F3N5O2S. The maximum absolute atomic E-state index is 15.4. The van der Waals surface area contributed by atoms with Gasteiger partial charge in [-0.05, 0) is 46.0 Å². The lowest BCUT2D eigenvalue weighted by atomic mass is 9.82. The zero-order chi connectivity index (χ0) is 23.8. The molecule has 0 spiro atoms. The van der Waals surface area contributed by atoms with E-state index in [9.17, 15) is 13.9 Å². The first-order chi connectivity index (χ1) is 15.4. The molecule has 11 heteroatoms. The third-order valence-electron chi connectivity index (χ3n) is 7.25. The number of piperidine rings is 1. The molecule has 2 bridgehead atoms. The Labute approximate surface area is 192 Å². The molecule has 33 heavy (non-hydrogen) atoms. The highest BCUT2D eigenvalue weighted by Crippen LogP contribution is 2.58. The van der Waals surface area contributed by atoms with Gasteiger partial charge in [-0.2, -0.15) is 5.10 Å². The van der Waals surface area contributed by atoms with E-state index in [4.69, 9.17) is 4.74 Å². The maximum atomic E-state index is 15.4. The SMILES string of the molecule is Cc1ccn(-c2ccc(-c3nnc(OC4CC5(C)N(C)C(C)(CC5(F)F)C4F)s3)c(O)c2)n1. The second-order valence-electron chi connectivity index (χ2n) is 9.31. The van der Waals surface area contributed by atoms with Gasteiger partial charge < -0.3 is 9.84 Å². The zero-order valence-corrected chi connectivity index (χ0v) is 19.4. The lowest BCUT2D eigenvalue weighted by Gasteiger charge is -2.50. The average Bonchev–Trinajstić information content (AvgIpc) is 3.41. The third kappa shape index (κ3) is 3.23. The van der Waals surface area contributed by atoms with Gasteiger partial charge in [0.1, 0.15) is 11.9 Å². The number of benzene rings is 1. The van der Waals surface area contributed by atoms with Crippen molar-refractivity contribution in [3.8, 4) is 27.2 Å². The van der Waals surface area contributed by atoms with E-state index in [1.54, 1.807) is 36.1 Å². The summed E-state index contributed by atoms with van der Waals surface area (Å²) in [5.74, 6) is -3.06. The molecule has 1 N–H and O–H groups in total.